The number of fused-ring (bicyclic) bond motifs is 1. The van der Waals surface area contributed by atoms with E-state index in [1.807, 2.05) is 43.1 Å². The number of rotatable bonds is 9. The minimum atomic E-state index is -3.27. The molecule has 1 N–H and O–H groups in total. The number of aromatic nitrogens is 1. The van der Waals surface area contributed by atoms with Crippen LogP contribution in [0.3, 0.4) is 0 Å². The summed E-state index contributed by atoms with van der Waals surface area (Å²) in [5, 5.41) is 1.11. The summed E-state index contributed by atoms with van der Waals surface area (Å²) in [6.07, 6.45) is 2.93. The van der Waals surface area contributed by atoms with E-state index in [-0.39, 0.29) is 6.73 Å². The molecule has 0 saturated carbocycles. The fourth-order valence-electron chi connectivity index (χ4n) is 2.44. The van der Waals surface area contributed by atoms with Crippen LogP contribution in [0.1, 0.15) is 5.56 Å². The van der Waals surface area contributed by atoms with Crippen LogP contribution in [0.4, 0.5) is 0 Å². The Balaban J connectivity index is 2.32. The standard InChI is InChI=1S/C16H26N2O5P/c1-17(2)9-8-13-11-18(12-23-24(19,21-4)22-5)16-7-6-14(20-3)10-15(13)16/h6-7,10-11,19H,8-9,12H2,1-5H3/q+1. The Labute approximate surface area is 143 Å². The normalized spacial score (nSPS) is 12.3. The molecule has 2 aromatic rings. The molecule has 1 aromatic carbocycles. The molecule has 0 bridgehead atoms. The monoisotopic (exact) mass is 357 g/mol. The van der Waals surface area contributed by atoms with Crippen molar-refractivity contribution in [1.29, 1.82) is 0 Å². The Kier molecular flexibility index (Phi) is 6.57. The maximum absolute atomic E-state index is 10.0. The number of likely N-dealkylation sites (N-methyl/N-ethyl adjacent to an activating group) is 1. The highest BCUT2D eigenvalue weighted by Gasteiger charge is 2.41. The molecule has 0 radical (unpaired) electrons. The molecule has 24 heavy (non-hydrogen) atoms. The van der Waals surface area contributed by atoms with Crippen molar-refractivity contribution in [3.8, 4) is 5.75 Å². The minimum Gasteiger partial charge on any atom is -0.497 e. The molecule has 2 rings (SSSR count). The third-order valence-electron chi connectivity index (χ3n) is 3.82. The van der Waals surface area contributed by atoms with Gasteiger partial charge in [0.05, 0.1) is 26.8 Å². The molecule has 0 saturated heterocycles. The van der Waals surface area contributed by atoms with Gasteiger partial charge in [-0.25, -0.2) is 0 Å². The lowest BCUT2D eigenvalue weighted by Crippen LogP contribution is -2.14. The van der Waals surface area contributed by atoms with Crippen molar-refractivity contribution < 1.29 is 23.2 Å². The van der Waals surface area contributed by atoms with Gasteiger partial charge in [0.1, 0.15) is 5.75 Å². The van der Waals surface area contributed by atoms with E-state index >= 15 is 0 Å². The molecule has 0 aliphatic rings. The number of benzene rings is 1. The predicted octanol–water partition coefficient (Wildman–Crippen LogP) is 2.69. The molecular weight excluding hydrogens is 331 g/mol. The van der Waals surface area contributed by atoms with Crippen molar-refractivity contribution in [2.75, 3.05) is 42.0 Å². The number of methoxy groups -OCH3 is 1. The van der Waals surface area contributed by atoms with Gasteiger partial charge in [0.25, 0.3) is 0 Å². The van der Waals surface area contributed by atoms with Gasteiger partial charge < -0.3 is 14.2 Å². The number of nitrogens with zero attached hydrogens (tertiary/aromatic N) is 2. The van der Waals surface area contributed by atoms with Crippen LogP contribution in [0.25, 0.3) is 10.9 Å². The van der Waals surface area contributed by atoms with E-state index in [2.05, 4.69) is 4.90 Å². The number of hydrogen-bond donors (Lipinski definition) is 1. The lowest BCUT2D eigenvalue weighted by atomic mass is 10.1. The summed E-state index contributed by atoms with van der Waals surface area (Å²) in [5.41, 5.74) is 2.20. The van der Waals surface area contributed by atoms with Gasteiger partial charge in [-0.3, -0.25) is 0 Å². The summed E-state index contributed by atoms with van der Waals surface area (Å²) in [6.45, 7) is 1.07. The van der Waals surface area contributed by atoms with Crippen molar-refractivity contribution in [3.05, 3.63) is 30.0 Å². The molecule has 8 heteroatoms. The van der Waals surface area contributed by atoms with Crippen LogP contribution in [-0.2, 0) is 26.7 Å². The number of hydrogen-bond acceptors (Lipinski definition) is 6. The summed E-state index contributed by atoms with van der Waals surface area (Å²) < 4.78 is 22.6. The third-order valence-corrected chi connectivity index (χ3v) is 5.19. The molecule has 0 amide bonds. The van der Waals surface area contributed by atoms with Crippen LogP contribution in [0, 0.1) is 0 Å². The molecule has 1 aromatic heterocycles. The summed E-state index contributed by atoms with van der Waals surface area (Å²) in [7, 11) is 5.20. The topological polar surface area (TPSA) is 65.3 Å². The molecule has 0 aliphatic carbocycles. The predicted molar refractivity (Wildman–Crippen MR) is 95.0 cm³/mol. The Morgan fingerprint density at radius 2 is 1.88 bits per heavy atom. The van der Waals surface area contributed by atoms with Gasteiger partial charge in [-0.15, -0.1) is 4.52 Å². The molecular formula is C16H26N2O5P+. The van der Waals surface area contributed by atoms with Crippen LogP contribution in [0.15, 0.2) is 24.4 Å². The molecule has 0 spiro atoms. The van der Waals surface area contributed by atoms with Gasteiger partial charge in [-0.1, -0.05) is 0 Å². The zero-order chi connectivity index (χ0) is 17.7. The zero-order valence-electron chi connectivity index (χ0n) is 14.9. The van der Waals surface area contributed by atoms with Crippen molar-refractivity contribution >= 4 is 19.1 Å². The Morgan fingerprint density at radius 1 is 1.17 bits per heavy atom. The molecule has 0 fully saturated rings. The van der Waals surface area contributed by atoms with Gasteiger partial charge in [0.15, 0.2) is 6.73 Å². The highest BCUT2D eigenvalue weighted by atomic mass is 31.2. The fraction of sp³-hybridized carbons (Fsp3) is 0.500. The Hall–Kier alpha value is -1.21. The SMILES string of the molecule is COc1ccc2c(c1)c(CCN(C)C)cn2CO[P+](O)(OC)OC. The van der Waals surface area contributed by atoms with E-state index in [1.165, 1.54) is 19.8 Å². The summed E-state index contributed by atoms with van der Waals surface area (Å²) in [6, 6.07) is 5.90. The van der Waals surface area contributed by atoms with E-state index in [0.29, 0.717) is 0 Å². The molecule has 0 aliphatic heterocycles. The summed E-state index contributed by atoms with van der Waals surface area (Å²) >= 11 is 0. The highest BCUT2D eigenvalue weighted by Crippen LogP contribution is 2.56. The van der Waals surface area contributed by atoms with Gasteiger partial charge in [-0.05, 0) is 44.3 Å². The van der Waals surface area contributed by atoms with Crippen molar-refractivity contribution in [1.82, 2.24) is 9.47 Å². The average molecular weight is 357 g/mol. The minimum absolute atomic E-state index is 0.136. The van der Waals surface area contributed by atoms with E-state index in [0.717, 1.165) is 29.6 Å². The first-order valence-corrected chi connectivity index (χ1v) is 9.10. The van der Waals surface area contributed by atoms with Gasteiger partial charge in [0, 0.05) is 18.1 Å². The lowest BCUT2D eigenvalue weighted by molar-refractivity contribution is 0.0910. The summed E-state index contributed by atoms with van der Waals surface area (Å²) in [4.78, 5) is 12.2. The second-order valence-electron chi connectivity index (χ2n) is 5.65. The molecule has 134 valence electrons. The second kappa shape index (κ2) is 8.25. The molecule has 0 atom stereocenters. The first kappa shape index (κ1) is 19.1. The fourth-order valence-corrected chi connectivity index (χ4v) is 3.07. The molecule has 0 unspecified atom stereocenters. The van der Waals surface area contributed by atoms with Crippen LogP contribution in [0.2, 0.25) is 0 Å². The third kappa shape index (κ3) is 4.45. The smallest absolute Gasteiger partial charge is 0.497 e. The highest BCUT2D eigenvalue weighted by molar-refractivity contribution is 7.55. The van der Waals surface area contributed by atoms with Crippen LogP contribution in [0.5, 0.6) is 5.75 Å². The number of ether oxygens (including phenoxy) is 1. The van der Waals surface area contributed by atoms with Crippen molar-refractivity contribution in [2.24, 2.45) is 0 Å². The molecule has 1 heterocycles. The first-order valence-electron chi connectivity index (χ1n) is 7.60. The largest absolute Gasteiger partial charge is 0.573 e. The quantitative estimate of drug-likeness (QED) is 0.696. The van der Waals surface area contributed by atoms with E-state index in [1.54, 1.807) is 7.11 Å². The van der Waals surface area contributed by atoms with Crippen LogP contribution >= 0.6 is 8.17 Å². The van der Waals surface area contributed by atoms with E-state index in [4.69, 9.17) is 18.3 Å². The van der Waals surface area contributed by atoms with Crippen LogP contribution in [-0.4, -0.2) is 56.3 Å². The Bertz CT molecular complexity index is 670. The maximum atomic E-state index is 10.0. The lowest BCUT2D eigenvalue weighted by Gasteiger charge is -2.11. The average Bonchev–Trinajstić information content (AvgIpc) is 2.95. The van der Waals surface area contributed by atoms with Crippen LogP contribution < -0.4 is 4.74 Å². The van der Waals surface area contributed by atoms with Gasteiger partial charge in [-0.2, -0.15) is 13.9 Å². The maximum Gasteiger partial charge on any atom is 0.573 e. The van der Waals surface area contributed by atoms with Crippen molar-refractivity contribution in [3.63, 3.8) is 0 Å². The zero-order valence-corrected chi connectivity index (χ0v) is 15.7. The Morgan fingerprint density at radius 3 is 2.46 bits per heavy atom. The second-order valence-corrected chi connectivity index (χ2v) is 7.58. The summed E-state index contributed by atoms with van der Waals surface area (Å²) in [5.74, 6) is 0.810. The van der Waals surface area contributed by atoms with E-state index in [9.17, 15) is 4.89 Å². The molecule has 7 nitrogen and oxygen atoms in total. The van der Waals surface area contributed by atoms with Crippen molar-refractivity contribution in [2.45, 2.75) is 13.2 Å². The van der Waals surface area contributed by atoms with Gasteiger partial charge >= 0.3 is 8.17 Å². The van der Waals surface area contributed by atoms with Gasteiger partial charge in [0.2, 0.25) is 0 Å². The van der Waals surface area contributed by atoms with E-state index < -0.39 is 8.17 Å². The first-order chi connectivity index (χ1) is 11.4.